The van der Waals surface area contributed by atoms with Gasteiger partial charge >= 0.3 is 0 Å². The number of rotatable bonds is 10. The fourth-order valence-corrected chi connectivity index (χ4v) is 11.8. The van der Waals surface area contributed by atoms with Crippen LogP contribution in [0.25, 0.3) is 71.5 Å². The van der Waals surface area contributed by atoms with E-state index in [1.54, 1.807) is 0 Å². The Kier molecular flexibility index (Phi) is 10.0. The van der Waals surface area contributed by atoms with Gasteiger partial charge in [0.2, 0.25) is 0 Å². The summed E-state index contributed by atoms with van der Waals surface area (Å²) in [6, 6.07) is 60.0. The molecule has 0 saturated heterocycles. The van der Waals surface area contributed by atoms with E-state index in [4.69, 9.17) is 0 Å². The summed E-state index contributed by atoms with van der Waals surface area (Å²) < 4.78 is 2.56. The van der Waals surface area contributed by atoms with Crippen molar-refractivity contribution < 1.29 is 0 Å². The molecule has 65 heavy (non-hydrogen) atoms. The zero-order chi connectivity index (χ0) is 44.6. The third-order valence-electron chi connectivity index (χ3n) is 15.0. The number of fused-ring (bicyclic) bond motifs is 8. The van der Waals surface area contributed by atoms with Gasteiger partial charge in [-0.05, 0) is 161 Å². The lowest BCUT2D eigenvalue weighted by Crippen LogP contribution is -2.24. The van der Waals surface area contributed by atoms with Crippen molar-refractivity contribution in [1.82, 2.24) is 4.57 Å². The van der Waals surface area contributed by atoms with Crippen LogP contribution in [0.1, 0.15) is 81.7 Å². The molecule has 0 aliphatic heterocycles. The Morgan fingerprint density at radius 2 is 1.25 bits per heavy atom. The van der Waals surface area contributed by atoms with Crippen LogP contribution in [-0.2, 0) is 12.0 Å². The van der Waals surface area contributed by atoms with Crippen molar-refractivity contribution in [3.05, 3.63) is 203 Å². The molecule has 0 amide bonds. The second-order valence-electron chi connectivity index (χ2n) is 19.1. The number of hydrogen-bond acceptors (Lipinski definition) is 1. The van der Waals surface area contributed by atoms with Crippen molar-refractivity contribution in [3.63, 3.8) is 0 Å². The lowest BCUT2D eigenvalue weighted by atomic mass is 9.71. The molecule has 2 nitrogen and oxygen atoms in total. The molecule has 2 aliphatic carbocycles. The monoisotopic (exact) mass is 842 g/mol. The topological polar surface area (TPSA) is 8.17 Å². The summed E-state index contributed by atoms with van der Waals surface area (Å²) in [6.45, 7) is 17.3. The second kappa shape index (κ2) is 16.0. The molecular formula is C63H58N2. The maximum atomic E-state index is 2.62. The van der Waals surface area contributed by atoms with E-state index in [1.807, 2.05) is 0 Å². The van der Waals surface area contributed by atoms with Gasteiger partial charge in [0.15, 0.2) is 0 Å². The number of aryl methyl sites for hydroxylation is 1. The molecule has 8 aromatic carbocycles. The van der Waals surface area contributed by atoms with Crippen molar-refractivity contribution in [2.24, 2.45) is 5.92 Å². The molecule has 320 valence electrons. The van der Waals surface area contributed by atoms with Crippen LogP contribution < -0.4 is 4.90 Å². The first-order valence-electron chi connectivity index (χ1n) is 23.9. The molecule has 0 bridgehead atoms. The van der Waals surface area contributed by atoms with E-state index < -0.39 is 0 Å². The summed E-state index contributed by atoms with van der Waals surface area (Å²) in [5, 5.41) is 5.17. The molecule has 0 radical (unpaired) electrons. The average Bonchev–Trinajstić information content (AvgIpc) is 3.99. The van der Waals surface area contributed by atoms with E-state index >= 15 is 0 Å². The summed E-state index contributed by atoms with van der Waals surface area (Å²) in [5.74, 6) is 0.492. The maximum absolute atomic E-state index is 2.62. The number of nitrogens with zero attached hydrogens (tertiary/aromatic N) is 2. The highest BCUT2D eigenvalue weighted by atomic mass is 15.1. The number of hydrogen-bond donors (Lipinski definition) is 0. The van der Waals surface area contributed by atoms with Crippen LogP contribution >= 0.6 is 0 Å². The van der Waals surface area contributed by atoms with E-state index in [-0.39, 0.29) is 5.41 Å². The molecule has 0 N–H and O–H groups in total. The first kappa shape index (κ1) is 40.8. The third-order valence-corrected chi connectivity index (χ3v) is 15.0. The van der Waals surface area contributed by atoms with Crippen molar-refractivity contribution in [2.45, 2.75) is 79.7 Å². The minimum Gasteiger partial charge on any atom is -0.340 e. The van der Waals surface area contributed by atoms with Gasteiger partial charge in [-0.1, -0.05) is 161 Å². The molecule has 2 heteroatoms. The van der Waals surface area contributed by atoms with E-state index in [2.05, 4.69) is 228 Å². The Labute approximate surface area is 385 Å². The summed E-state index contributed by atoms with van der Waals surface area (Å²) in [5.41, 5.74) is 23.4. The van der Waals surface area contributed by atoms with Gasteiger partial charge in [-0.25, -0.2) is 0 Å². The van der Waals surface area contributed by atoms with Crippen molar-refractivity contribution in [1.29, 1.82) is 0 Å². The Bertz CT molecular complexity index is 3400. The maximum Gasteiger partial charge on any atom is 0.0543 e. The minimum absolute atomic E-state index is 0.209. The minimum atomic E-state index is -0.209. The van der Waals surface area contributed by atoms with Gasteiger partial charge < -0.3 is 9.47 Å². The second-order valence-corrected chi connectivity index (χ2v) is 19.1. The van der Waals surface area contributed by atoms with Gasteiger partial charge in [-0.2, -0.15) is 0 Å². The smallest absolute Gasteiger partial charge is 0.0543 e. The fraction of sp³-hybridized carbons (Fsp3) is 0.206. The Morgan fingerprint density at radius 3 is 1.98 bits per heavy atom. The first-order chi connectivity index (χ1) is 31.7. The van der Waals surface area contributed by atoms with Crippen LogP contribution in [0.2, 0.25) is 0 Å². The fourth-order valence-electron chi connectivity index (χ4n) is 11.8. The largest absolute Gasteiger partial charge is 0.340 e. The van der Waals surface area contributed by atoms with Gasteiger partial charge in [0, 0.05) is 45.0 Å². The summed E-state index contributed by atoms with van der Waals surface area (Å²) >= 11 is 0. The molecule has 1 heterocycles. The molecular weight excluding hydrogens is 785 g/mol. The molecule has 0 atom stereocenters. The molecule has 0 spiro atoms. The van der Waals surface area contributed by atoms with Crippen LogP contribution in [0, 0.1) is 19.8 Å². The number of benzene rings is 8. The highest BCUT2D eigenvalue weighted by Crippen LogP contribution is 2.60. The predicted octanol–water partition coefficient (Wildman–Crippen LogP) is 17.8. The van der Waals surface area contributed by atoms with Crippen LogP contribution in [0.3, 0.4) is 0 Å². The van der Waals surface area contributed by atoms with Crippen LogP contribution in [-0.4, -0.2) is 4.57 Å². The SMILES string of the molecule is CCC1(CC)c2cc(N(c3ccc4c5ccccc5n(CC(C)C)c4c3)c3cccc(-c4ccccc4C)c3C)c3ccccc3c2-c2cc(C3=C(C)CC=C3)cc(-c3ccccc3)c21. The molecule has 9 aromatic rings. The Balaban J connectivity index is 1.25. The molecule has 0 fully saturated rings. The summed E-state index contributed by atoms with van der Waals surface area (Å²) in [6.07, 6.45) is 7.66. The van der Waals surface area contributed by atoms with Crippen LogP contribution in [0.5, 0.6) is 0 Å². The van der Waals surface area contributed by atoms with Crippen LogP contribution in [0.4, 0.5) is 17.1 Å². The molecule has 0 saturated carbocycles. The van der Waals surface area contributed by atoms with E-state index in [1.165, 1.54) is 116 Å². The zero-order valence-corrected chi connectivity index (χ0v) is 39.0. The lowest BCUT2D eigenvalue weighted by molar-refractivity contribution is 0.492. The first-order valence-corrected chi connectivity index (χ1v) is 23.9. The van der Waals surface area contributed by atoms with Crippen molar-refractivity contribution >= 4 is 55.2 Å². The molecule has 0 unspecified atom stereocenters. The van der Waals surface area contributed by atoms with Crippen molar-refractivity contribution in [2.75, 3.05) is 4.90 Å². The van der Waals surface area contributed by atoms with E-state index in [9.17, 15) is 0 Å². The van der Waals surface area contributed by atoms with Gasteiger partial charge in [0.25, 0.3) is 0 Å². The van der Waals surface area contributed by atoms with E-state index in [0.717, 1.165) is 31.5 Å². The number of anilines is 3. The van der Waals surface area contributed by atoms with Gasteiger partial charge in [-0.15, -0.1) is 0 Å². The normalized spacial score (nSPS) is 14.0. The zero-order valence-electron chi connectivity index (χ0n) is 39.0. The van der Waals surface area contributed by atoms with Crippen molar-refractivity contribution in [3.8, 4) is 33.4 Å². The van der Waals surface area contributed by atoms with Gasteiger partial charge in [0.1, 0.15) is 0 Å². The molecule has 2 aliphatic rings. The number of aromatic nitrogens is 1. The standard InChI is InChI=1S/C63H58N2/c1-8-63(9-2)56-38-60(51-27-15-16-28-53(51)61(56)55-36-45(47-29-19-22-41(47)5)35-54(62(55)63)44-23-11-10-12-24-44)65(57-32-20-30-49(43(57)7)48-25-14-13-21-42(48)6)46-33-34-52-50-26-17-18-31-58(50)64(39-40(3)4)59(52)37-46/h10-21,23-38,40H,8-9,22,39H2,1-7H3. The third kappa shape index (κ3) is 6.36. The summed E-state index contributed by atoms with van der Waals surface area (Å²) in [4.78, 5) is 2.61. The van der Waals surface area contributed by atoms with Gasteiger partial charge in [-0.3, -0.25) is 0 Å². The van der Waals surface area contributed by atoms with E-state index in [0.29, 0.717) is 5.92 Å². The quantitative estimate of drug-likeness (QED) is 0.133. The predicted molar refractivity (Wildman–Crippen MR) is 280 cm³/mol. The van der Waals surface area contributed by atoms with Crippen LogP contribution in [0.15, 0.2) is 175 Å². The number of para-hydroxylation sites is 1. The average molecular weight is 843 g/mol. The van der Waals surface area contributed by atoms with Gasteiger partial charge in [0.05, 0.1) is 11.2 Å². The number of allylic oxidation sites excluding steroid dienone is 4. The Hall–Kier alpha value is -6.90. The summed E-state index contributed by atoms with van der Waals surface area (Å²) in [7, 11) is 0. The lowest BCUT2D eigenvalue weighted by Gasteiger charge is -2.34. The molecule has 11 rings (SSSR count). The molecule has 1 aromatic heterocycles. The highest BCUT2D eigenvalue weighted by molar-refractivity contribution is 6.13. The Morgan fingerprint density at radius 1 is 0.569 bits per heavy atom. The highest BCUT2D eigenvalue weighted by Gasteiger charge is 2.44.